The van der Waals surface area contributed by atoms with Crippen molar-refractivity contribution in [2.24, 2.45) is 0 Å². The third kappa shape index (κ3) is 7.73. The van der Waals surface area contributed by atoms with Gasteiger partial charge in [-0.05, 0) is 12.8 Å². The second-order valence-electron chi connectivity index (χ2n) is 2.67. The molecule has 0 spiro atoms. The van der Waals surface area contributed by atoms with Crippen molar-refractivity contribution in [2.45, 2.75) is 19.8 Å². The zero-order valence-corrected chi connectivity index (χ0v) is 8.75. The predicted molar refractivity (Wildman–Crippen MR) is 48.8 cm³/mol. The molecule has 0 saturated heterocycles. The normalized spacial score (nSPS) is 10.8. The summed E-state index contributed by atoms with van der Waals surface area (Å²) in [5, 5.41) is 0. The van der Waals surface area contributed by atoms with Gasteiger partial charge in [-0.3, -0.25) is 4.79 Å². The van der Waals surface area contributed by atoms with Gasteiger partial charge in [-0.2, -0.15) is 0 Å². The quantitative estimate of drug-likeness (QED) is 0.373. The minimum Gasteiger partial charge on any atom is -0.466 e. The molecular weight excluding hydrogens is 194 g/mol. The average molecular weight is 209 g/mol. The smallest absolute Gasteiger partial charge is 0.302 e. The Hall–Kier alpha value is -0.620. The molecule has 0 radical (unpaired) electrons. The summed E-state index contributed by atoms with van der Waals surface area (Å²) in [7, 11) is -0.958. The van der Waals surface area contributed by atoms with Crippen molar-refractivity contribution in [1.82, 2.24) is 4.31 Å². The molecule has 0 unspecified atom stereocenters. The Morgan fingerprint density at radius 3 is 2.46 bits per heavy atom. The molecule has 78 valence electrons. The molecule has 0 aromatic heterocycles. The minimum atomic E-state index is -2.47. The SMILES string of the molecule is CC(=O)OCCCCN(C)[SH](=O)=O. The molecule has 0 aliphatic carbocycles. The lowest BCUT2D eigenvalue weighted by Gasteiger charge is -2.07. The Balaban J connectivity index is 3.31. The molecule has 0 aliphatic heterocycles. The van der Waals surface area contributed by atoms with Crippen LogP contribution >= 0.6 is 0 Å². The molecule has 0 N–H and O–H groups in total. The molecule has 0 aromatic rings. The lowest BCUT2D eigenvalue weighted by molar-refractivity contribution is -0.141. The summed E-state index contributed by atoms with van der Waals surface area (Å²) in [6.07, 6.45) is 1.39. The van der Waals surface area contributed by atoms with Gasteiger partial charge in [0.05, 0.1) is 6.61 Å². The van der Waals surface area contributed by atoms with Crippen molar-refractivity contribution in [3.63, 3.8) is 0 Å². The maximum atomic E-state index is 10.3. The summed E-state index contributed by atoms with van der Waals surface area (Å²) < 4.78 is 26.6. The van der Waals surface area contributed by atoms with E-state index < -0.39 is 10.9 Å². The highest BCUT2D eigenvalue weighted by Crippen LogP contribution is 1.93. The van der Waals surface area contributed by atoms with E-state index in [1.165, 1.54) is 18.3 Å². The molecule has 0 rings (SSSR count). The van der Waals surface area contributed by atoms with E-state index in [9.17, 15) is 13.2 Å². The number of carbonyl (C=O) groups is 1. The first kappa shape index (κ1) is 12.4. The molecular formula is C7H15NO4S. The van der Waals surface area contributed by atoms with Crippen LogP contribution in [0.5, 0.6) is 0 Å². The summed E-state index contributed by atoms with van der Waals surface area (Å²) in [5.41, 5.74) is 0. The Kier molecular flexibility index (Phi) is 6.52. The number of esters is 1. The topological polar surface area (TPSA) is 63.7 Å². The fourth-order valence-electron chi connectivity index (χ4n) is 0.740. The van der Waals surface area contributed by atoms with Crippen LogP contribution in [0.15, 0.2) is 0 Å². The third-order valence-electron chi connectivity index (χ3n) is 1.46. The predicted octanol–water partition coefficient (Wildman–Crippen LogP) is -0.212. The molecule has 0 amide bonds. The molecule has 0 heterocycles. The van der Waals surface area contributed by atoms with Crippen LogP contribution in [0.3, 0.4) is 0 Å². The maximum absolute atomic E-state index is 10.3. The van der Waals surface area contributed by atoms with Crippen LogP contribution < -0.4 is 0 Å². The van der Waals surface area contributed by atoms with E-state index in [0.29, 0.717) is 26.0 Å². The van der Waals surface area contributed by atoms with Gasteiger partial charge in [-0.25, -0.2) is 12.7 Å². The fourth-order valence-corrected chi connectivity index (χ4v) is 1.04. The first-order chi connectivity index (χ1) is 6.04. The molecule has 0 fully saturated rings. The van der Waals surface area contributed by atoms with E-state index in [-0.39, 0.29) is 5.97 Å². The van der Waals surface area contributed by atoms with Crippen molar-refractivity contribution in [3.8, 4) is 0 Å². The Bertz CT molecular complexity index is 219. The van der Waals surface area contributed by atoms with Crippen molar-refractivity contribution in [1.29, 1.82) is 0 Å². The maximum Gasteiger partial charge on any atom is 0.302 e. The van der Waals surface area contributed by atoms with Gasteiger partial charge < -0.3 is 4.74 Å². The highest BCUT2D eigenvalue weighted by molar-refractivity contribution is 7.69. The Morgan fingerprint density at radius 1 is 1.38 bits per heavy atom. The molecule has 6 heteroatoms. The minimum absolute atomic E-state index is 0.303. The zero-order valence-electron chi connectivity index (χ0n) is 7.86. The van der Waals surface area contributed by atoms with Gasteiger partial charge in [0.1, 0.15) is 0 Å². The second-order valence-corrected chi connectivity index (χ2v) is 3.82. The molecule has 0 aliphatic rings. The largest absolute Gasteiger partial charge is 0.466 e. The summed E-state index contributed by atoms with van der Waals surface area (Å²) >= 11 is 0. The highest BCUT2D eigenvalue weighted by Gasteiger charge is 1.99. The van der Waals surface area contributed by atoms with E-state index in [0.717, 1.165) is 0 Å². The average Bonchev–Trinajstić information content (AvgIpc) is 2.02. The monoisotopic (exact) mass is 209 g/mol. The second kappa shape index (κ2) is 6.85. The lowest BCUT2D eigenvalue weighted by atomic mass is 10.3. The standard InChI is InChI=1S/C7H15NO4S/c1-7(9)12-6-4-3-5-8(2)13(10)11/h13H,3-6H2,1-2H3. The molecule has 0 saturated carbocycles. The number of unbranched alkanes of at least 4 members (excludes halogenated alkanes) is 1. The van der Waals surface area contributed by atoms with Gasteiger partial charge >= 0.3 is 5.97 Å². The van der Waals surface area contributed by atoms with E-state index in [2.05, 4.69) is 4.74 Å². The van der Waals surface area contributed by atoms with Crippen molar-refractivity contribution >= 4 is 16.9 Å². The van der Waals surface area contributed by atoms with Crippen LogP contribution in [0.25, 0.3) is 0 Å². The summed E-state index contributed by atoms with van der Waals surface area (Å²) in [5.74, 6) is -0.303. The number of ether oxygens (including phenoxy) is 1. The van der Waals surface area contributed by atoms with Crippen LogP contribution in [0.1, 0.15) is 19.8 Å². The van der Waals surface area contributed by atoms with Crippen molar-refractivity contribution in [2.75, 3.05) is 20.2 Å². The molecule has 0 aromatic carbocycles. The van der Waals surface area contributed by atoms with Crippen LogP contribution in [0.2, 0.25) is 0 Å². The number of rotatable bonds is 6. The number of thiol groups is 1. The van der Waals surface area contributed by atoms with Crippen LogP contribution in [-0.4, -0.2) is 38.9 Å². The van der Waals surface area contributed by atoms with Gasteiger partial charge in [0.25, 0.3) is 0 Å². The van der Waals surface area contributed by atoms with Crippen molar-refractivity contribution < 1.29 is 17.9 Å². The first-order valence-electron chi connectivity index (χ1n) is 4.03. The van der Waals surface area contributed by atoms with Crippen LogP contribution in [0.4, 0.5) is 0 Å². The Labute approximate surface area is 79.8 Å². The fraction of sp³-hybridized carbons (Fsp3) is 0.857. The third-order valence-corrected chi connectivity index (χ3v) is 2.22. The van der Waals surface area contributed by atoms with E-state index >= 15 is 0 Å². The molecule has 13 heavy (non-hydrogen) atoms. The molecule has 0 atom stereocenters. The van der Waals surface area contributed by atoms with Gasteiger partial charge in [-0.15, -0.1) is 0 Å². The Morgan fingerprint density at radius 2 is 2.00 bits per heavy atom. The van der Waals surface area contributed by atoms with Crippen molar-refractivity contribution in [3.05, 3.63) is 0 Å². The highest BCUT2D eigenvalue weighted by atomic mass is 32.2. The zero-order chi connectivity index (χ0) is 10.3. The van der Waals surface area contributed by atoms with E-state index in [1.54, 1.807) is 0 Å². The molecule has 0 bridgehead atoms. The summed E-state index contributed by atoms with van der Waals surface area (Å²) in [6.45, 7) is 2.18. The van der Waals surface area contributed by atoms with E-state index in [4.69, 9.17) is 0 Å². The van der Waals surface area contributed by atoms with Crippen LogP contribution in [-0.2, 0) is 20.4 Å². The summed E-state index contributed by atoms with van der Waals surface area (Å²) in [4.78, 5) is 10.3. The van der Waals surface area contributed by atoms with Gasteiger partial charge in [-0.1, -0.05) is 0 Å². The van der Waals surface area contributed by atoms with Gasteiger partial charge in [0.15, 0.2) is 0 Å². The number of hydrogen-bond donors (Lipinski definition) is 1. The molecule has 5 nitrogen and oxygen atoms in total. The van der Waals surface area contributed by atoms with E-state index in [1.807, 2.05) is 0 Å². The summed E-state index contributed by atoms with van der Waals surface area (Å²) in [6, 6.07) is 0. The number of hydrogen-bond acceptors (Lipinski definition) is 4. The van der Waals surface area contributed by atoms with Gasteiger partial charge in [0.2, 0.25) is 10.9 Å². The number of carbonyl (C=O) groups excluding carboxylic acids is 1. The first-order valence-corrected chi connectivity index (χ1v) is 5.16. The van der Waals surface area contributed by atoms with Crippen LogP contribution in [0, 0.1) is 0 Å². The number of nitrogens with zero attached hydrogens (tertiary/aromatic N) is 1. The lowest BCUT2D eigenvalue weighted by Crippen LogP contribution is -2.17. The van der Waals surface area contributed by atoms with Gasteiger partial charge in [0, 0.05) is 20.5 Å².